The minimum atomic E-state index is -0.418. The summed E-state index contributed by atoms with van der Waals surface area (Å²) < 4.78 is 8.62. The van der Waals surface area contributed by atoms with Gasteiger partial charge in [0.05, 0.1) is 0 Å². The van der Waals surface area contributed by atoms with Gasteiger partial charge < -0.3 is 9.47 Å². The molecule has 0 aliphatic carbocycles. The Balaban J connectivity index is 2.82. The number of ether oxygens (including phenoxy) is 2. The number of rotatable bonds is 3. The Bertz CT molecular complexity index is 70.1. The summed E-state index contributed by atoms with van der Waals surface area (Å²) >= 11 is 0. The van der Waals surface area contributed by atoms with Crippen LogP contribution in [0.5, 0.6) is 0 Å². The molecule has 0 aromatic heterocycles. The van der Waals surface area contributed by atoms with Crippen molar-refractivity contribution in [3.63, 3.8) is 0 Å². The lowest BCUT2D eigenvalue weighted by atomic mass is 10.8. The Kier molecular flexibility index (Phi) is 4.26. The lowest BCUT2D eigenvalue weighted by Crippen LogP contribution is -1.97. The van der Waals surface area contributed by atoms with E-state index in [1.807, 2.05) is 6.79 Å². The smallest absolute Gasteiger partial charge is 0.361 e. The molecule has 46 valence electrons. The van der Waals surface area contributed by atoms with Crippen molar-refractivity contribution in [1.29, 1.82) is 0 Å². The first-order valence-corrected chi connectivity index (χ1v) is 2.31. The molecule has 0 aliphatic heterocycles. The minimum Gasteiger partial charge on any atom is -0.419 e. The summed E-state index contributed by atoms with van der Waals surface area (Å²) in [4.78, 5) is 9.95. The van der Waals surface area contributed by atoms with Crippen LogP contribution in [0.15, 0.2) is 0 Å². The standard InChI is InChI=1S/C5H8O3/c1-3-7-4-8-5(2)6/h3H2,1-2H3. The molecule has 0 aromatic carbocycles. The SMILES string of the molecule is CCO[C]OC(C)=O. The summed E-state index contributed by atoms with van der Waals surface area (Å²) in [6, 6.07) is 0. The third-order valence-electron chi connectivity index (χ3n) is 0.389. The maximum Gasteiger partial charge on any atom is 0.361 e. The number of esters is 1. The van der Waals surface area contributed by atoms with Crippen LogP contribution in [0.25, 0.3) is 0 Å². The van der Waals surface area contributed by atoms with Crippen molar-refractivity contribution >= 4 is 5.97 Å². The molecule has 0 spiro atoms. The summed E-state index contributed by atoms with van der Waals surface area (Å²) in [5.74, 6) is -0.418. The molecule has 0 saturated heterocycles. The van der Waals surface area contributed by atoms with Crippen LogP contribution in [-0.2, 0) is 14.3 Å². The Morgan fingerprint density at radius 1 is 1.75 bits per heavy atom. The van der Waals surface area contributed by atoms with Gasteiger partial charge in [0.25, 0.3) is 0 Å². The summed E-state index contributed by atoms with van der Waals surface area (Å²) in [6.07, 6.45) is 0. The second kappa shape index (κ2) is 4.59. The van der Waals surface area contributed by atoms with Crippen molar-refractivity contribution in [2.45, 2.75) is 13.8 Å². The maximum atomic E-state index is 9.95. The van der Waals surface area contributed by atoms with E-state index in [1.54, 1.807) is 6.92 Å². The quantitative estimate of drug-likeness (QED) is 0.399. The van der Waals surface area contributed by atoms with Crippen LogP contribution < -0.4 is 0 Å². The van der Waals surface area contributed by atoms with Crippen molar-refractivity contribution in [2.75, 3.05) is 6.61 Å². The molecule has 0 fully saturated rings. The number of carbonyl (C=O) groups is 1. The van der Waals surface area contributed by atoms with Crippen LogP contribution in [0.4, 0.5) is 0 Å². The molecule has 3 nitrogen and oxygen atoms in total. The Hall–Kier alpha value is -0.570. The first kappa shape index (κ1) is 7.43. The van der Waals surface area contributed by atoms with E-state index in [-0.39, 0.29) is 0 Å². The van der Waals surface area contributed by atoms with Gasteiger partial charge in [-0.25, -0.2) is 0 Å². The molecular formula is C5H8O3. The van der Waals surface area contributed by atoms with Crippen LogP contribution >= 0.6 is 0 Å². The van der Waals surface area contributed by atoms with Crippen LogP contribution in [0, 0.1) is 6.79 Å². The largest absolute Gasteiger partial charge is 0.419 e. The number of carbonyl (C=O) groups excluding carboxylic acids is 1. The summed E-state index contributed by atoms with van der Waals surface area (Å²) in [7, 11) is 0. The molecule has 3 heteroatoms. The molecule has 0 rings (SSSR count). The Morgan fingerprint density at radius 2 is 2.38 bits per heavy atom. The van der Waals surface area contributed by atoms with E-state index in [0.717, 1.165) is 0 Å². The van der Waals surface area contributed by atoms with Gasteiger partial charge in [0.15, 0.2) is 0 Å². The predicted octanol–water partition coefficient (Wildman–Crippen LogP) is 0.582. The fraction of sp³-hybridized carbons (Fsp3) is 0.600. The lowest BCUT2D eigenvalue weighted by molar-refractivity contribution is -0.143. The highest BCUT2D eigenvalue weighted by Crippen LogP contribution is 1.83. The third-order valence-corrected chi connectivity index (χ3v) is 0.389. The Labute approximate surface area is 48.6 Å². The number of hydrogen-bond donors (Lipinski definition) is 0. The zero-order chi connectivity index (χ0) is 6.41. The van der Waals surface area contributed by atoms with Crippen molar-refractivity contribution < 1.29 is 14.3 Å². The fourth-order valence-corrected chi connectivity index (χ4v) is 0.147. The molecule has 0 amide bonds. The van der Waals surface area contributed by atoms with Crippen molar-refractivity contribution in [2.24, 2.45) is 0 Å². The lowest BCUT2D eigenvalue weighted by Gasteiger charge is -1.94. The normalized spacial score (nSPS) is 8.75. The average Bonchev–Trinajstić information content (AvgIpc) is 1.66. The van der Waals surface area contributed by atoms with Gasteiger partial charge in [-0.15, -0.1) is 0 Å². The monoisotopic (exact) mass is 116 g/mol. The summed E-state index contributed by atoms with van der Waals surface area (Å²) in [6.45, 7) is 5.51. The van der Waals surface area contributed by atoms with Gasteiger partial charge >= 0.3 is 12.8 Å². The van der Waals surface area contributed by atoms with Crippen molar-refractivity contribution in [1.82, 2.24) is 0 Å². The highest BCUT2D eigenvalue weighted by Gasteiger charge is 1.91. The Morgan fingerprint density at radius 3 is 2.75 bits per heavy atom. The van der Waals surface area contributed by atoms with E-state index in [4.69, 9.17) is 0 Å². The second-order valence-corrected chi connectivity index (χ2v) is 1.11. The van der Waals surface area contributed by atoms with Gasteiger partial charge in [-0.3, -0.25) is 4.79 Å². The zero-order valence-electron chi connectivity index (χ0n) is 4.93. The fourth-order valence-electron chi connectivity index (χ4n) is 0.147. The van der Waals surface area contributed by atoms with Gasteiger partial charge in [0.1, 0.15) is 0 Å². The summed E-state index contributed by atoms with van der Waals surface area (Å²) in [5, 5.41) is 0. The van der Waals surface area contributed by atoms with Gasteiger partial charge in [-0.2, -0.15) is 0 Å². The zero-order valence-corrected chi connectivity index (χ0v) is 4.93. The molecule has 0 aliphatic rings. The highest BCUT2D eigenvalue weighted by atomic mass is 16.7. The van der Waals surface area contributed by atoms with Crippen LogP contribution in [-0.4, -0.2) is 12.6 Å². The van der Waals surface area contributed by atoms with Gasteiger partial charge in [-0.1, -0.05) is 0 Å². The molecule has 0 N–H and O–H groups in total. The molecule has 0 heterocycles. The van der Waals surface area contributed by atoms with Gasteiger partial charge in [0, 0.05) is 13.5 Å². The molecule has 0 unspecified atom stereocenters. The van der Waals surface area contributed by atoms with Crippen LogP contribution in [0.2, 0.25) is 0 Å². The van der Waals surface area contributed by atoms with Gasteiger partial charge in [0.2, 0.25) is 0 Å². The summed E-state index contributed by atoms with van der Waals surface area (Å²) in [5.41, 5.74) is 0. The minimum absolute atomic E-state index is 0.418. The third kappa shape index (κ3) is 5.43. The maximum absolute atomic E-state index is 9.95. The average molecular weight is 116 g/mol. The van der Waals surface area contributed by atoms with E-state index < -0.39 is 5.97 Å². The molecule has 2 radical (unpaired) electrons. The van der Waals surface area contributed by atoms with E-state index in [0.29, 0.717) is 6.61 Å². The van der Waals surface area contributed by atoms with Crippen molar-refractivity contribution in [3.8, 4) is 0 Å². The topological polar surface area (TPSA) is 35.5 Å². The van der Waals surface area contributed by atoms with E-state index in [2.05, 4.69) is 9.47 Å². The van der Waals surface area contributed by atoms with E-state index in [9.17, 15) is 4.79 Å². The molecule has 0 saturated carbocycles. The van der Waals surface area contributed by atoms with E-state index in [1.165, 1.54) is 6.92 Å². The predicted molar refractivity (Wildman–Crippen MR) is 26.6 cm³/mol. The number of hydrogen-bond acceptors (Lipinski definition) is 3. The second-order valence-electron chi connectivity index (χ2n) is 1.11. The van der Waals surface area contributed by atoms with E-state index >= 15 is 0 Å². The molecule has 8 heavy (non-hydrogen) atoms. The van der Waals surface area contributed by atoms with Crippen LogP contribution in [0.3, 0.4) is 0 Å². The first-order chi connectivity index (χ1) is 3.77. The van der Waals surface area contributed by atoms with Crippen molar-refractivity contribution in [3.05, 3.63) is 6.79 Å². The first-order valence-electron chi connectivity index (χ1n) is 2.31. The van der Waals surface area contributed by atoms with Gasteiger partial charge in [-0.05, 0) is 6.92 Å². The molecular weight excluding hydrogens is 108 g/mol. The highest BCUT2D eigenvalue weighted by molar-refractivity contribution is 5.66. The van der Waals surface area contributed by atoms with Crippen LogP contribution in [0.1, 0.15) is 13.8 Å². The molecule has 0 atom stereocenters. The molecule has 0 bridgehead atoms. The molecule has 0 aromatic rings.